The van der Waals surface area contributed by atoms with Crippen molar-refractivity contribution in [2.24, 2.45) is 0 Å². The highest BCUT2D eigenvalue weighted by molar-refractivity contribution is 9.08. The first-order valence-electron chi connectivity index (χ1n) is 19.9. The Bertz CT molecular complexity index is 1700. The standard InChI is InChI=1S/C16H24BNO3.C15H23BO2.C13H18BBrO2/c1-12(19)18(6)11-13-7-9-14(10-8-13)17-20-15(2,3)16(4,5)21-17;1-6-7-12-8-10-13(11-9-12)16-17-14(2,3)15(4,5)18-16;1-12(2)13(3,4)17-14(16-12)11-7-5-10(9-15)6-8-11/h7-10H,11H2,1-6H3;8-11H,6-7H2,1-5H3;5-8H,9H2,1-4H3. The number of nitrogens with zero attached hydrogens (tertiary/aromatic N) is 1. The molecule has 0 spiro atoms. The van der Waals surface area contributed by atoms with Crippen molar-refractivity contribution in [2.75, 3.05) is 7.05 Å². The van der Waals surface area contributed by atoms with E-state index < -0.39 is 0 Å². The lowest BCUT2D eigenvalue weighted by Crippen LogP contribution is -2.41. The molecule has 3 aromatic carbocycles. The topological polar surface area (TPSA) is 75.7 Å². The molecule has 0 aliphatic carbocycles. The van der Waals surface area contributed by atoms with Crippen LogP contribution in [0.25, 0.3) is 0 Å². The van der Waals surface area contributed by atoms with Crippen molar-refractivity contribution in [3.8, 4) is 0 Å². The van der Waals surface area contributed by atoms with Crippen LogP contribution in [0.4, 0.5) is 0 Å². The third-order valence-electron chi connectivity index (χ3n) is 12.2. The minimum absolute atomic E-state index is 0.0602. The average molecular weight is 832 g/mol. The average Bonchev–Trinajstić information content (AvgIpc) is 3.58. The third-order valence-corrected chi connectivity index (χ3v) is 12.8. The Morgan fingerprint density at radius 2 is 0.786 bits per heavy atom. The van der Waals surface area contributed by atoms with E-state index in [1.54, 1.807) is 18.9 Å². The van der Waals surface area contributed by atoms with Crippen LogP contribution in [0, 0.1) is 0 Å². The summed E-state index contributed by atoms with van der Waals surface area (Å²) < 4.78 is 36.1. The molecule has 8 nitrogen and oxygen atoms in total. The zero-order chi connectivity index (χ0) is 41.9. The van der Waals surface area contributed by atoms with Gasteiger partial charge in [-0.2, -0.15) is 0 Å². The lowest BCUT2D eigenvalue weighted by atomic mass is 9.79. The molecular formula is C44H65B3BrNO7. The molecule has 1 amide bonds. The summed E-state index contributed by atoms with van der Waals surface area (Å²) in [7, 11) is 0.953. The van der Waals surface area contributed by atoms with E-state index in [1.807, 2.05) is 52.0 Å². The van der Waals surface area contributed by atoms with Crippen LogP contribution in [0.1, 0.15) is 120 Å². The van der Waals surface area contributed by atoms with Gasteiger partial charge in [-0.05, 0) is 123 Å². The Morgan fingerprint density at radius 3 is 1.04 bits per heavy atom. The number of hydrogen-bond donors (Lipinski definition) is 0. The van der Waals surface area contributed by atoms with Crippen molar-refractivity contribution in [1.29, 1.82) is 0 Å². The van der Waals surface area contributed by atoms with Gasteiger partial charge in [-0.25, -0.2) is 0 Å². The van der Waals surface area contributed by atoms with Gasteiger partial charge in [0.25, 0.3) is 0 Å². The highest BCUT2D eigenvalue weighted by atomic mass is 79.9. The summed E-state index contributed by atoms with van der Waals surface area (Å²) >= 11 is 3.44. The molecule has 3 aromatic rings. The van der Waals surface area contributed by atoms with Gasteiger partial charge in [0.2, 0.25) is 5.91 Å². The zero-order valence-corrected chi connectivity index (χ0v) is 38.3. The van der Waals surface area contributed by atoms with Crippen LogP contribution in [-0.2, 0) is 51.0 Å². The van der Waals surface area contributed by atoms with Crippen molar-refractivity contribution in [3.63, 3.8) is 0 Å². The Balaban J connectivity index is 0.000000188. The first kappa shape index (κ1) is 46.3. The molecule has 0 saturated carbocycles. The highest BCUT2D eigenvalue weighted by Gasteiger charge is 2.53. The minimum Gasteiger partial charge on any atom is -0.399 e. The summed E-state index contributed by atoms with van der Waals surface area (Å²) in [6.07, 6.45) is 2.31. The van der Waals surface area contributed by atoms with Crippen molar-refractivity contribution in [2.45, 2.75) is 155 Å². The number of alkyl halides is 1. The highest BCUT2D eigenvalue weighted by Crippen LogP contribution is 2.38. The van der Waals surface area contributed by atoms with Crippen LogP contribution in [0.3, 0.4) is 0 Å². The molecule has 304 valence electrons. The predicted molar refractivity (Wildman–Crippen MR) is 235 cm³/mol. The van der Waals surface area contributed by atoms with Crippen LogP contribution < -0.4 is 16.4 Å². The Morgan fingerprint density at radius 1 is 0.518 bits per heavy atom. The SMILES string of the molecule is CC(=O)N(C)Cc1ccc(B2OC(C)(C)C(C)(C)O2)cc1.CC1(C)OB(c2ccc(CBr)cc2)OC1(C)C.CCCc1ccc(B2OC(C)(C)C(C)(C)O2)cc1. The van der Waals surface area contributed by atoms with Gasteiger partial charge in [0.1, 0.15) is 0 Å². The number of aryl methyl sites for hydroxylation is 1. The van der Waals surface area contributed by atoms with Crippen molar-refractivity contribution >= 4 is 59.6 Å². The first-order chi connectivity index (χ1) is 25.8. The van der Waals surface area contributed by atoms with Gasteiger partial charge in [-0.3, -0.25) is 4.79 Å². The first-order valence-corrected chi connectivity index (χ1v) is 21.1. The molecule has 6 rings (SSSR count). The fraction of sp³-hybridized carbons (Fsp3) is 0.568. The number of halogens is 1. The van der Waals surface area contributed by atoms with E-state index in [9.17, 15) is 4.79 Å². The maximum absolute atomic E-state index is 11.3. The number of carbonyl (C=O) groups excluding carboxylic acids is 1. The van der Waals surface area contributed by atoms with E-state index in [1.165, 1.54) is 17.5 Å². The molecule has 0 atom stereocenters. The van der Waals surface area contributed by atoms with Crippen LogP contribution in [0.2, 0.25) is 0 Å². The van der Waals surface area contributed by atoms with E-state index in [-0.39, 0.29) is 60.9 Å². The largest absolute Gasteiger partial charge is 0.494 e. The molecule has 3 fully saturated rings. The van der Waals surface area contributed by atoms with Gasteiger partial charge >= 0.3 is 21.4 Å². The van der Waals surface area contributed by atoms with Crippen molar-refractivity contribution in [3.05, 3.63) is 89.5 Å². The second-order valence-electron chi connectivity index (χ2n) is 18.2. The maximum Gasteiger partial charge on any atom is 0.494 e. The smallest absolute Gasteiger partial charge is 0.399 e. The summed E-state index contributed by atoms with van der Waals surface area (Å²) in [6, 6.07) is 24.9. The molecule has 56 heavy (non-hydrogen) atoms. The minimum atomic E-state index is -0.338. The van der Waals surface area contributed by atoms with Crippen molar-refractivity contribution in [1.82, 2.24) is 4.90 Å². The number of amides is 1. The summed E-state index contributed by atoms with van der Waals surface area (Å²) in [6.45, 7) is 29.2. The predicted octanol–water partition coefficient (Wildman–Crippen LogP) is 7.78. The van der Waals surface area contributed by atoms with Gasteiger partial charge in [0.05, 0.1) is 33.6 Å². The van der Waals surface area contributed by atoms with Gasteiger partial charge in [0.15, 0.2) is 0 Å². The summed E-state index contributed by atoms with van der Waals surface area (Å²) in [5.74, 6) is 0.0602. The monoisotopic (exact) mass is 831 g/mol. The van der Waals surface area contributed by atoms with E-state index in [2.05, 4.69) is 127 Å². The van der Waals surface area contributed by atoms with Gasteiger partial charge < -0.3 is 32.8 Å². The van der Waals surface area contributed by atoms with Crippen LogP contribution in [-0.4, -0.2) is 72.8 Å². The zero-order valence-electron chi connectivity index (χ0n) is 36.7. The Labute approximate surface area is 347 Å². The second kappa shape index (κ2) is 17.8. The molecule has 3 saturated heterocycles. The summed E-state index contributed by atoms with van der Waals surface area (Å²) in [5.41, 5.74) is 5.17. The molecule has 3 aliphatic rings. The number of benzene rings is 3. The van der Waals surface area contributed by atoms with E-state index in [0.717, 1.165) is 33.7 Å². The Hall–Kier alpha value is -2.44. The van der Waals surface area contributed by atoms with Crippen LogP contribution >= 0.6 is 15.9 Å². The van der Waals surface area contributed by atoms with E-state index in [0.29, 0.717) is 6.54 Å². The molecule has 0 bridgehead atoms. The van der Waals surface area contributed by atoms with Gasteiger partial charge in [-0.1, -0.05) is 102 Å². The van der Waals surface area contributed by atoms with Crippen LogP contribution in [0.15, 0.2) is 72.8 Å². The van der Waals surface area contributed by atoms with Gasteiger partial charge in [-0.15, -0.1) is 0 Å². The molecule has 0 aromatic heterocycles. The molecule has 3 heterocycles. The maximum atomic E-state index is 11.3. The third kappa shape index (κ3) is 11.0. The van der Waals surface area contributed by atoms with Crippen LogP contribution in [0.5, 0.6) is 0 Å². The lowest BCUT2D eigenvalue weighted by Gasteiger charge is -2.32. The Kier molecular flexibility index (Phi) is 14.7. The van der Waals surface area contributed by atoms with Gasteiger partial charge in [0, 0.05) is 25.8 Å². The quantitative estimate of drug-likeness (QED) is 0.170. The lowest BCUT2D eigenvalue weighted by molar-refractivity contribution is -0.128. The molecule has 0 N–H and O–H groups in total. The van der Waals surface area contributed by atoms with Crippen molar-refractivity contribution < 1.29 is 32.7 Å². The molecule has 3 aliphatic heterocycles. The molecule has 0 radical (unpaired) electrons. The molecule has 12 heteroatoms. The summed E-state index contributed by atoms with van der Waals surface area (Å²) in [4.78, 5) is 12.9. The number of hydrogen-bond acceptors (Lipinski definition) is 7. The number of carbonyl (C=O) groups is 1. The fourth-order valence-electron chi connectivity index (χ4n) is 6.00. The normalized spacial score (nSPS) is 20.8. The van der Waals surface area contributed by atoms with E-state index >= 15 is 0 Å². The fourth-order valence-corrected chi connectivity index (χ4v) is 6.37. The molecule has 0 unspecified atom stereocenters. The number of rotatable bonds is 8. The second-order valence-corrected chi connectivity index (χ2v) is 18.8. The van der Waals surface area contributed by atoms with E-state index in [4.69, 9.17) is 27.9 Å². The summed E-state index contributed by atoms with van der Waals surface area (Å²) in [5, 5.41) is 0.872. The molecular weight excluding hydrogens is 767 g/mol.